The van der Waals surface area contributed by atoms with Gasteiger partial charge in [0.2, 0.25) is 0 Å². The van der Waals surface area contributed by atoms with Crippen LogP contribution in [0.25, 0.3) is 0 Å². The molecule has 0 aliphatic rings. The van der Waals surface area contributed by atoms with Crippen LogP contribution in [-0.4, -0.2) is 25.9 Å². The number of rotatable bonds is 7. The van der Waals surface area contributed by atoms with Crippen molar-refractivity contribution in [1.82, 2.24) is 0 Å². The summed E-state index contributed by atoms with van der Waals surface area (Å²) in [7, 11) is 1.53. The summed E-state index contributed by atoms with van der Waals surface area (Å²) in [6.07, 6.45) is 1.72. The molecule has 5 heteroatoms. The van der Waals surface area contributed by atoms with Crippen LogP contribution >= 0.6 is 0 Å². The Labute approximate surface area is 164 Å². The minimum atomic E-state index is -0.435. The summed E-state index contributed by atoms with van der Waals surface area (Å²) >= 11 is 0. The van der Waals surface area contributed by atoms with E-state index in [2.05, 4.69) is 4.99 Å². The van der Waals surface area contributed by atoms with Gasteiger partial charge in [0.25, 0.3) is 0 Å². The molecule has 5 nitrogen and oxygen atoms in total. The lowest BCUT2D eigenvalue weighted by molar-refractivity contribution is 0.0729. The monoisotopic (exact) mass is 375 g/mol. The molecule has 0 bridgehead atoms. The predicted molar refractivity (Wildman–Crippen MR) is 109 cm³/mol. The number of carbonyl (C=O) groups excluding carboxylic acids is 1. The van der Waals surface area contributed by atoms with Crippen LogP contribution in [0.5, 0.6) is 17.2 Å². The molecule has 142 valence electrons. The second kappa shape index (κ2) is 9.37. The normalized spacial score (nSPS) is 10.6. The van der Waals surface area contributed by atoms with E-state index in [0.717, 1.165) is 17.0 Å². The van der Waals surface area contributed by atoms with Gasteiger partial charge in [-0.15, -0.1) is 0 Å². The number of aliphatic imine (C=N–C) groups is 1. The summed E-state index contributed by atoms with van der Waals surface area (Å²) in [4.78, 5) is 16.7. The van der Waals surface area contributed by atoms with E-state index in [1.54, 1.807) is 42.6 Å². The van der Waals surface area contributed by atoms with Crippen LogP contribution < -0.4 is 14.2 Å². The topological polar surface area (TPSA) is 57.1 Å². The van der Waals surface area contributed by atoms with E-state index >= 15 is 0 Å². The molecule has 0 saturated heterocycles. The third-order valence-electron chi connectivity index (χ3n) is 3.91. The number of hydrogen-bond acceptors (Lipinski definition) is 5. The highest BCUT2D eigenvalue weighted by Crippen LogP contribution is 2.28. The van der Waals surface area contributed by atoms with E-state index in [4.69, 9.17) is 14.2 Å². The molecule has 0 heterocycles. The molecule has 0 spiro atoms. The fourth-order valence-electron chi connectivity index (χ4n) is 2.53. The molecule has 0 fully saturated rings. The van der Waals surface area contributed by atoms with Crippen LogP contribution in [0.3, 0.4) is 0 Å². The van der Waals surface area contributed by atoms with Gasteiger partial charge in [0.05, 0.1) is 25.0 Å². The maximum absolute atomic E-state index is 12.2. The van der Waals surface area contributed by atoms with Crippen molar-refractivity contribution in [3.63, 3.8) is 0 Å². The highest BCUT2D eigenvalue weighted by molar-refractivity contribution is 5.91. The first-order chi connectivity index (χ1) is 13.7. The molecule has 3 aromatic carbocycles. The molecular formula is C23H21NO4. The maximum Gasteiger partial charge on any atom is 0.343 e. The minimum absolute atomic E-state index is 0.356. The highest BCUT2D eigenvalue weighted by Gasteiger charge is 2.12. The van der Waals surface area contributed by atoms with Gasteiger partial charge in [-0.25, -0.2) is 4.79 Å². The molecule has 0 amide bonds. The molecule has 3 rings (SSSR count). The summed E-state index contributed by atoms with van der Waals surface area (Å²) in [5.74, 6) is 1.19. The lowest BCUT2D eigenvalue weighted by atomic mass is 10.2. The Balaban J connectivity index is 1.72. The first-order valence-corrected chi connectivity index (χ1v) is 8.92. The van der Waals surface area contributed by atoms with Crippen molar-refractivity contribution < 1.29 is 19.0 Å². The molecule has 0 aliphatic carbocycles. The molecule has 0 radical (unpaired) electrons. The standard InChI is InChI=1S/C23H21NO4/c1-3-27-20-12-10-19(11-13-20)24-16-17-9-14-21(22(15-17)26-2)28-23(25)18-7-5-4-6-8-18/h4-16H,3H2,1-2H3. The molecule has 0 unspecified atom stereocenters. The summed E-state index contributed by atoms with van der Waals surface area (Å²) in [6.45, 7) is 2.57. The zero-order valence-corrected chi connectivity index (χ0v) is 15.8. The number of benzene rings is 3. The zero-order chi connectivity index (χ0) is 19.8. The Morgan fingerprint density at radius 2 is 1.71 bits per heavy atom. The van der Waals surface area contributed by atoms with Crippen molar-refractivity contribution in [3.05, 3.63) is 83.9 Å². The van der Waals surface area contributed by atoms with Crippen molar-refractivity contribution in [2.75, 3.05) is 13.7 Å². The van der Waals surface area contributed by atoms with Gasteiger partial charge in [-0.2, -0.15) is 0 Å². The number of methoxy groups -OCH3 is 1. The predicted octanol–water partition coefficient (Wildman–Crippen LogP) is 5.06. The first-order valence-electron chi connectivity index (χ1n) is 8.92. The maximum atomic E-state index is 12.2. The largest absolute Gasteiger partial charge is 0.494 e. The molecule has 0 N–H and O–H groups in total. The van der Waals surface area contributed by atoms with Gasteiger partial charge in [-0.1, -0.05) is 18.2 Å². The molecule has 0 aromatic heterocycles. The summed E-state index contributed by atoms with van der Waals surface area (Å²) < 4.78 is 16.2. The van der Waals surface area contributed by atoms with Crippen molar-refractivity contribution in [3.8, 4) is 17.2 Å². The van der Waals surface area contributed by atoms with Crippen molar-refractivity contribution in [2.45, 2.75) is 6.92 Å². The summed E-state index contributed by atoms with van der Waals surface area (Å²) in [5.41, 5.74) is 2.11. The minimum Gasteiger partial charge on any atom is -0.494 e. The van der Waals surface area contributed by atoms with Gasteiger partial charge in [0.1, 0.15) is 5.75 Å². The molecule has 0 atom stereocenters. The second-order valence-corrected chi connectivity index (χ2v) is 5.85. The lowest BCUT2D eigenvalue weighted by Gasteiger charge is -2.10. The van der Waals surface area contributed by atoms with Gasteiger partial charge >= 0.3 is 5.97 Å². The van der Waals surface area contributed by atoms with E-state index in [0.29, 0.717) is 23.7 Å². The Morgan fingerprint density at radius 1 is 0.964 bits per heavy atom. The smallest absolute Gasteiger partial charge is 0.343 e. The van der Waals surface area contributed by atoms with Crippen molar-refractivity contribution in [2.24, 2.45) is 4.99 Å². The third kappa shape index (κ3) is 4.98. The molecule has 28 heavy (non-hydrogen) atoms. The summed E-state index contributed by atoms with van der Waals surface area (Å²) in [6, 6.07) is 21.6. The lowest BCUT2D eigenvalue weighted by Crippen LogP contribution is -2.09. The van der Waals surface area contributed by atoms with E-state index in [1.165, 1.54) is 7.11 Å². The first kappa shape index (κ1) is 19.2. The third-order valence-corrected chi connectivity index (χ3v) is 3.91. The van der Waals surface area contributed by atoms with Crippen molar-refractivity contribution >= 4 is 17.9 Å². The van der Waals surface area contributed by atoms with E-state index in [1.807, 2.05) is 43.3 Å². The fraction of sp³-hybridized carbons (Fsp3) is 0.130. The van der Waals surface area contributed by atoms with Gasteiger partial charge in [0, 0.05) is 6.21 Å². The number of hydrogen-bond donors (Lipinski definition) is 0. The summed E-state index contributed by atoms with van der Waals surface area (Å²) in [5, 5.41) is 0. The van der Waals surface area contributed by atoms with E-state index < -0.39 is 5.97 Å². The molecular weight excluding hydrogens is 354 g/mol. The van der Waals surface area contributed by atoms with E-state index in [9.17, 15) is 4.79 Å². The average molecular weight is 375 g/mol. The van der Waals surface area contributed by atoms with Gasteiger partial charge in [0.15, 0.2) is 11.5 Å². The molecule has 3 aromatic rings. The van der Waals surface area contributed by atoms with Gasteiger partial charge in [-0.05, 0) is 67.1 Å². The Bertz CT molecular complexity index is 950. The van der Waals surface area contributed by atoms with Crippen LogP contribution in [0.4, 0.5) is 5.69 Å². The van der Waals surface area contributed by atoms with E-state index in [-0.39, 0.29) is 0 Å². The Hall–Kier alpha value is -3.60. The fourth-order valence-corrected chi connectivity index (χ4v) is 2.53. The van der Waals surface area contributed by atoms with Crippen LogP contribution in [-0.2, 0) is 0 Å². The van der Waals surface area contributed by atoms with Gasteiger partial charge < -0.3 is 14.2 Å². The Kier molecular flexibility index (Phi) is 6.41. The number of ether oxygens (including phenoxy) is 3. The second-order valence-electron chi connectivity index (χ2n) is 5.85. The number of nitrogens with zero attached hydrogens (tertiary/aromatic N) is 1. The van der Waals surface area contributed by atoms with Crippen molar-refractivity contribution in [1.29, 1.82) is 0 Å². The quantitative estimate of drug-likeness (QED) is 0.329. The zero-order valence-electron chi connectivity index (χ0n) is 15.8. The SMILES string of the molecule is CCOc1ccc(N=Cc2ccc(OC(=O)c3ccccc3)c(OC)c2)cc1. The van der Waals surface area contributed by atoms with Crippen LogP contribution in [0.1, 0.15) is 22.8 Å². The van der Waals surface area contributed by atoms with Crippen LogP contribution in [0, 0.1) is 0 Å². The molecule has 0 saturated carbocycles. The Morgan fingerprint density at radius 3 is 2.39 bits per heavy atom. The van der Waals surface area contributed by atoms with Gasteiger partial charge in [-0.3, -0.25) is 4.99 Å². The average Bonchev–Trinajstić information content (AvgIpc) is 2.74. The number of esters is 1. The van der Waals surface area contributed by atoms with Crippen LogP contribution in [0.2, 0.25) is 0 Å². The van der Waals surface area contributed by atoms with Crippen LogP contribution in [0.15, 0.2) is 77.8 Å². The highest BCUT2D eigenvalue weighted by atomic mass is 16.6. The number of carbonyl (C=O) groups is 1. The molecule has 0 aliphatic heterocycles.